The molecule has 1 aromatic carbocycles. The highest BCUT2D eigenvalue weighted by atomic mass is 32.1. The molecule has 2 heterocycles. The lowest BCUT2D eigenvalue weighted by molar-refractivity contribution is -0.140. The first-order valence-corrected chi connectivity index (χ1v) is 10.3. The normalized spacial score (nSPS) is 16.2. The first-order chi connectivity index (χ1) is 15.0. The van der Waals surface area contributed by atoms with Crippen LogP contribution in [0, 0.1) is 0 Å². The maximum Gasteiger partial charge on any atom is 0.338 e. The summed E-state index contributed by atoms with van der Waals surface area (Å²) in [4.78, 5) is 26.9. The molecule has 3 rings (SSSR count). The Bertz CT molecular complexity index is 970. The molecule has 8 nitrogen and oxygen atoms in total. The van der Waals surface area contributed by atoms with Gasteiger partial charge in [-0.3, -0.25) is 4.79 Å². The van der Waals surface area contributed by atoms with Crippen LogP contribution in [-0.2, 0) is 14.3 Å². The van der Waals surface area contributed by atoms with E-state index in [0.29, 0.717) is 29.5 Å². The van der Waals surface area contributed by atoms with Crippen molar-refractivity contribution in [2.75, 3.05) is 32.2 Å². The topological polar surface area (TPSA) is 93.0 Å². The van der Waals surface area contributed by atoms with Crippen LogP contribution >= 0.6 is 12.2 Å². The van der Waals surface area contributed by atoms with Crippen molar-refractivity contribution in [1.82, 2.24) is 10.2 Å². The molecule has 31 heavy (non-hydrogen) atoms. The van der Waals surface area contributed by atoms with Gasteiger partial charge in [-0.25, -0.2) is 4.79 Å². The number of hydrogen-bond acceptors (Lipinski definition) is 6. The molecule has 1 atom stereocenters. The molecule has 1 aromatic heterocycles. The van der Waals surface area contributed by atoms with Gasteiger partial charge in [-0.2, -0.15) is 0 Å². The van der Waals surface area contributed by atoms with Gasteiger partial charge in [0, 0.05) is 25.0 Å². The summed E-state index contributed by atoms with van der Waals surface area (Å²) in [6.07, 6.45) is 1.44. The number of allylic oxidation sites excluding steroid dienone is 1. The van der Waals surface area contributed by atoms with E-state index in [1.165, 1.54) is 6.26 Å². The SMILES string of the molecule is CCN1C(=S)NC(c2ccc(NC(=O)c3ccco3)cc2)C(C(=O)OCCOC)=C1C. The first kappa shape index (κ1) is 22.5. The molecule has 0 spiro atoms. The van der Waals surface area contributed by atoms with Crippen LogP contribution < -0.4 is 10.6 Å². The number of nitrogens with zero attached hydrogens (tertiary/aromatic N) is 1. The van der Waals surface area contributed by atoms with Gasteiger partial charge < -0.3 is 29.4 Å². The molecule has 0 fully saturated rings. The lowest BCUT2D eigenvalue weighted by Gasteiger charge is -2.37. The summed E-state index contributed by atoms with van der Waals surface area (Å²) >= 11 is 5.50. The standard InChI is InChI=1S/C22H25N3O5S/c1-4-25-14(2)18(21(27)30-13-12-28-3)19(24-22(25)31)15-7-9-16(10-8-15)23-20(26)17-6-5-11-29-17/h5-11,19H,4,12-13H2,1-3H3,(H,23,26)(H,24,31). The highest BCUT2D eigenvalue weighted by molar-refractivity contribution is 7.80. The van der Waals surface area contributed by atoms with E-state index >= 15 is 0 Å². The number of ether oxygens (including phenoxy) is 2. The maximum absolute atomic E-state index is 12.9. The predicted octanol–water partition coefficient (Wildman–Crippen LogP) is 3.25. The zero-order valence-electron chi connectivity index (χ0n) is 17.6. The van der Waals surface area contributed by atoms with Crippen molar-refractivity contribution >= 4 is 34.9 Å². The molecule has 0 saturated heterocycles. The molecule has 2 N–H and O–H groups in total. The summed E-state index contributed by atoms with van der Waals surface area (Å²) in [5.41, 5.74) is 2.64. The van der Waals surface area contributed by atoms with Crippen LogP contribution in [0.2, 0.25) is 0 Å². The third-order valence-corrected chi connectivity index (χ3v) is 5.24. The van der Waals surface area contributed by atoms with Crippen LogP contribution in [0.5, 0.6) is 0 Å². The lowest BCUT2D eigenvalue weighted by Crippen LogP contribution is -2.47. The Morgan fingerprint density at radius 3 is 2.58 bits per heavy atom. The van der Waals surface area contributed by atoms with Gasteiger partial charge in [-0.05, 0) is 55.9 Å². The van der Waals surface area contributed by atoms with Gasteiger partial charge in [0.15, 0.2) is 10.9 Å². The molecule has 1 unspecified atom stereocenters. The van der Waals surface area contributed by atoms with Crippen molar-refractivity contribution in [3.8, 4) is 0 Å². The van der Waals surface area contributed by atoms with Gasteiger partial charge in [-0.1, -0.05) is 12.1 Å². The Hall–Kier alpha value is -3.17. The van der Waals surface area contributed by atoms with E-state index in [2.05, 4.69) is 10.6 Å². The van der Waals surface area contributed by atoms with E-state index in [1.807, 2.05) is 30.9 Å². The summed E-state index contributed by atoms with van der Waals surface area (Å²) in [7, 11) is 1.55. The summed E-state index contributed by atoms with van der Waals surface area (Å²) in [6, 6.07) is 9.94. The Labute approximate surface area is 186 Å². The number of hydrogen-bond donors (Lipinski definition) is 2. The second kappa shape index (κ2) is 10.2. The molecule has 0 bridgehead atoms. The molecule has 2 aromatic rings. The molecule has 0 saturated carbocycles. The molecule has 0 radical (unpaired) electrons. The number of thiocarbonyl (C=S) groups is 1. The number of furan rings is 1. The molecular weight excluding hydrogens is 418 g/mol. The smallest absolute Gasteiger partial charge is 0.338 e. The number of benzene rings is 1. The minimum atomic E-state index is -0.472. The highest BCUT2D eigenvalue weighted by Crippen LogP contribution is 2.32. The predicted molar refractivity (Wildman–Crippen MR) is 119 cm³/mol. The van der Waals surface area contributed by atoms with Crippen molar-refractivity contribution < 1.29 is 23.5 Å². The van der Waals surface area contributed by atoms with E-state index in [-0.39, 0.29) is 18.3 Å². The van der Waals surface area contributed by atoms with Crippen molar-refractivity contribution in [3.63, 3.8) is 0 Å². The number of nitrogens with one attached hydrogen (secondary N) is 2. The lowest BCUT2D eigenvalue weighted by atomic mass is 9.95. The number of methoxy groups -OCH3 is 1. The monoisotopic (exact) mass is 443 g/mol. The molecule has 1 aliphatic heterocycles. The third kappa shape index (κ3) is 5.12. The number of carbonyl (C=O) groups is 2. The number of carbonyl (C=O) groups excluding carboxylic acids is 2. The highest BCUT2D eigenvalue weighted by Gasteiger charge is 2.34. The Morgan fingerprint density at radius 1 is 1.23 bits per heavy atom. The summed E-state index contributed by atoms with van der Waals surface area (Å²) in [5.74, 6) is -0.544. The minimum absolute atomic E-state index is 0.160. The van der Waals surface area contributed by atoms with Gasteiger partial charge in [0.25, 0.3) is 5.91 Å². The summed E-state index contributed by atoms with van der Waals surface area (Å²) in [6.45, 7) is 4.91. The van der Waals surface area contributed by atoms with Crippen molar-refractivity contribution in [1.29, 1.82) is 0 Å². The van der Waals surface area contributed by atoms with Crippen LogP contribution in [0.4, 0.5) is 5.69 Å². The third-order valence-electron chi connectivity index (χ3n) is 4.90. The van der Waals surface area contributed by atoms with E-state index < -0.39 is 12.0 Å². The number of anilines is 1. The van der Waals surface area contributed by atoms with E-state index in [4.69, 9.17) is 26.1 Å². The van der Waals surface area contributed by atoms with Crippen LogP contribution in [0.3, 0.4) is 0 Å². The number of rotatable bonds is 8. The van der Waals surface area contributed by atoms with Crippen molar-refractivity contribution in [3.05, 3.63) is 65.3 Å². The fraction of sp³-hybridized carbons (Fsp3) is 0.318. The fourth-order valence-corrected chi connectivity index (χ4v) is 3.72. The summed E-state index contributed by atoms with van der Waals surface area (Å²) in [5, 5.41) is 6.54. The molecule has 0 aliphatic carbocycles. The maximum atomic E-state index is 12.9. The zero-order chi connectivity index (χ0) is 22.4. The molecule has 1 aliphatic rings. The van der Waals surface area contributed by atoms with E-state index in [9.17, 15) is 9.59 Å². The van der Waals surface area contributed by atoms with Gasteiger partial charge in [0.05, 0.1) is 24.5 Å². The summed E-state index contributed by atoms with van der Waals surface area (Å²) < 4.78 is 15.5. The second-order valence-electron chi connectivity index (χ2n) is 6.81. The van der Waals surface area contributed by atoms with Gasteiger partial charge in [0.1, 0.15) is 6.61 Å². The average molecular weight is 444 g/mol. The van der Waals surface area contributed by atoms with E-state index in [0.717, 1.165) is 11.3 Å². The van der Waals surface area contributed by atoms with Crippen LogP contribution in [-0.4, -0.2) is 48.8 Å². The molecule has 9 heteroatoms. The largest absolute Gasteiger partial charge is 0.460 e. The molecular formula is C22H25N3O5S. The minimum Gasteiger partial charge on any atom is -0.460 e. The Morgan fingerprint density at radius 2 is 1.97 bits per heavy atom. The zero-order valence-corrected chi connectivity index (χ0v) is 18.5. The van der Waals surface area contributed by atoms with Gasteiger partial charge in [-0.15, -0.1) is 0 Å². The molecule has 164 valence electrons. The first-order valence-electron chi connectivity index (χ1n) is 9.86. The number of amides is 1. The van der Waals surface area contributed by atoms with Crippen LogP contribution in [0.1, 0.15) is 36.0 Å². The van der Waals surface area contributed by atoms with Crippen LogP contribution in [0.15, 0.2) is 58.3 Å². The van der Waals surface area contributed by atoms with Gasteiger partial charge in [0.2, 0.25) is 0 Å². The van der Waals surface area contributed by atoms with E-state index in [1.54, 1.807) is 31.4 Å². The Balaban J connectivity index is 1.84. The Kier molecular flexibility index (Phi) is 7.43. The van der Waals surface area contributed by atoms with Crippen molar-refractivity contribution in [2.24, 2.45) is 0 Å². The molecule has 1 amide bonds. The second-order valence-corrected chi connectivity index (χ2v) is 7.19. The quantitative estimate of drug-likeness (QED) is 0.365. The number of esters is 1. The average Bonchev–Trinajstić information content (AvgIpc) is 3.29. The van der Waals surface area contributed by atoms with Crippen molar-refractivity contribution in [2.45, 2.75) is 19.9 Å². The fourth-order valence-electron chi connectivity index (χ4n) is 3.33. The van der Waals surface area contributed by atoms with Gasteiger partial charge >= 0.3 is 5.97 Å². The van der Waals surface area contributed by atoms with Crippen LogP contribution in [0.25, 0.3) is 0 Å².